The first-order chi connectivity index (χ1) is 13.4. The van der Waals surface area contributed by atoms with Gasteiger partial charge in [-0.2, -0.15) is 5.10 Å². The summed E-state index contributed by atoms with van der Waals surface area (Å²) in [5.74, 6) is -0.993. The van der Waals surface area contributed by atoms with Gasteiger partial charge in [-0.3, -0.25) is 14.5 Å². The maximum absolute atomic E-state index is 13.7. The molecule has 7 nitrogen and oxygen atoms in total. The van der Waals surface area contributed by atoms with Gasteiger partial charge in [-0.25, -0.2) is 4.39 Å². The molecule has 150 valence electrons. The lowest BCUT2D eigenvalue weighted by atomic mass is 9.98. The quantitative estimate of drug-likeness (QED) is 0.559. The number of nitrogens with one attached hydrogen (secondary N) is 1. The summed E-state index contributed by atoms with van der Waals surface area (Å²) in [6.07, 6.45) is 3.54. The summed E-state index contributed by atoms with van der Waals surface area (Å²) < 4.78 is 13.7. The molecule has 1 amide bonds. The summed E-state index contributed by atoms with van der Waals surface area (Å²) in [6, 6.07) is 4.56. The fourth-order valence-electron chi connectivity index (χ4n) is 3.19. The highest BCUT2D eigenvalue weighted by Crippen LogP contribution is 2.23. The van der Waals surface area contributed by atoms with Crippen LogP contribution in [-0.4, -0.2) is 51.6 Å². The standard InChI is InChI=1S/C19H23FN4O3S/c1-12-4-6-24(7-5-12)11-14-8-15(20)3-2-13(14)10-21-23-19-22-18(27)16(28-19)9-17(25)26/h2-3,8,10,12,16H,4-7,9,11H2,1H3,(H,25,26)(H,22,23,27). The van der Waals surface area contributed by atoms with Crippen LogP contribution in [0.2, 0.25) is 0 Å². The third-order valence-electron chi connectivity index (χ3n) is 4.86. The second kappa shape index (κ2) is 9.29. The van der Waals surface area contributed by atoms with E-state index < -0.39 is 11.2 Å². The molecule has 0 bridgehead atoms. The number of carbonyl (C=O) groups is 2. The number of amidine groups is 1. The van der Waals surface area contributed by atoms with Crippen molar-refractivity contribution >= 4 is 35.0 Å². The molecule has 1 aromatic carbocycles. The predicted molar refractivity (Wildman–Crippen MR) is 107 cm³/mol. The Balaban J connectivity index is 1.67. The van der Waals surface area contributed by atoms with Crippen LogP contribution >= 0.6 is 11.8 Å². The van der Waals surface area contributed by atoms with Crippen molar-refractivity contribution in [1.82, 2.24) is 10.2 Å². The first kappa shape index (κ1) is 20.5. The number of likely N-dealkylation sites (tertiary alicyclic amines) is 1. The number of benzene rings is 1. The Hall–Kier alpha value is -2.26. The summed E-state index contributed by atoms with van der Waals surface area (Å²) >= 11 is 1.04. The maximum atomic E-state index is 13.7. The van der Waals surface area contributed by atoms with Crippen molar-refractivity contribution in [2.75, 3.05) is 13.1 Å². The third kappa shape index (κ3) is 5.62. The molecular weight excluding hydrogens is 383 g/mol. The van der Waals surface area contributed by atoms with Gasteiger partial charge in [-0.05, 0) is 55.1 Å². The smallest absolute Gasteiger partial charge is 0.305 e. The predicted octanol–water partition coefficient (Wildman–Crippen LogP) is 2.45. The number of piperidine rings is 1. The van der Waals surface area contributed by atoms with Crippen LogP contribution in [0.5, 0.6) is 0 Å². The number of carbonyl (C=O) groups excluding carboxylic acids is 1. The molecule has 2 heterocycles. The van der Waals surface area contributed by atoms with Crippen LogP contribution < -0.4 is 5.32 Å². The number of thioether (sulfide) groups is 1. The third-order valence-corrected chi connectivity index (χ3v) is 5.93. The Morgan fingerprint density at radius 1 is 1.43 bits per heavy atom. The monoisotopic (exact) mass is 406 g/mol. The van der Waals surface area contributed by atoms with Gasteiger partial charge < -0.3 is 10.4 Å². The van der Waals surface area contributed by atoms with Crippen LogP contribution in [0.25, 0.3) is 0 Å². The van der Waals surface area contributed by atoms with Crippen LogP contribution in [0.3, 0.4) is 0 Å². The summed E-state index contributed by atoms with van der Waals surface area (Å²) in [5, 5.41) is 18.9. The minimum atomic E-state index is -1.04. The highest BCUT2D eigenvalue weighted by molar-refractivity contribution is 8.15. The van der Waals surface area contributed by atoms with E-state index in [2.05, 4.69) is 27.3 Å². The molecule has 3 rings (SSSR count). The first-order valence-electron chi connectivity index (χ1n) is 9.22. The number of carboxylic acids is 1. The van der Waals surface area contributed by atoms with E-state index in [0.717, 1.165) is 54.7 Å². The number of hydrogen-bond donors (Lipinski definition) is 2. The molecule has 2 aliphatic rings. The number of hydrogen-bond acceptors (Lipinski definition) is 6. The van der Waals surface area contributed by atoms with E-state index in [4.69, 9.17) is 5.11 Å². The van der Waals surface area contributed by atoms with E-state index in [-0.39, 0.29) is 23.3 Å². The molecule has 0 spiro atoms. The number of carboxylic acid groups (broad SMARTS) is 1. The van der Waals surface area contributed by atoms with Gasteiger partial charge in [-0.1, -0.05) is 24.8 Å². The number of nitrogens with zero attached hydrogens (tertiary/aromatic N) is 3. The SMILES string of the molecule is CC1CCN(Cc2cc(F)ccc2C=NN=C2NC(=O)C(CC(=O)O)S2)CC1. The Bertz CT molecular complexity index is 806. The van der Waals surface area contributed by atoms with E-state index in [1.54, 1.807) is 6.07 Å². The van der Waals surface area contributed by atoms with Gasteiger partial charge in [0.05, 0.1) is 12.6 Å². The highest BCUT2D eigenvalue weighted by atomic mass is 32.2. The summed E-state index contributed by atoms with van der Waals surface area (Å²) in [4.78, 5) is 24.8. The van der Waals surface area contributed by atoms with Crippen LogP contribution in [0.15, 0.2) is 28.4 Å². The van der Waals surface area contributed by atoms with Crippen molar-refractivity contribution in [2.24, 2.45) is 16.1 Å². The largest absolute Gasteiger partial charge is 0.481 e. The lowest BCUT2D eigenvalue weighted by molar-refractivity contribution is -0.138. The number of aliphatic carboxylic acids is 1. The molecule has 0 radical (unpaired) electrons. The summed E-state index contributed by atoms with van der Waals surface area (Å²) in [6.45, 7) is 4.88. The second-order valence-corrected chi connectivity index (χ2v) is 8.34. The maximum Gasteiger partial charge on any atom is 0.305 e. The van der Waals surface area contributed by atoms with Gasteiger partial charge in [0, 0.05) is 6.54 Å². The van der Waals surface area contributed by atoms with Gasteiger partial charge in [0.15, 0.2) is 5.17 Å². The fourth-order valence-corrected chi connectivity index (χ4v) is 4.10. The molecule has 2 saturated heterocycles. The summed E-state index contributed by atoms with van der Waals surface area (Å²) in [7, 11) is 0. The number of halogens is 1. The van der Waals surface area contributed by atoms with Crippen LogP contribution in [-0.2, 0) is 16.1 Å². The van der Waals surface area contributed by atoms with E-state index in [0.29, 0.717) is 6.54 Å². The molecule has 2 N–H and O–H groups in total. The molecular formula is C19H23FN4O3S. The molecule has 28 heavy (non-hydrogen) atoms. The molecule has 2 aliphatic heterocycles. The van der Waals surface area contributed by atoms with Gasteiger partial charge in [0.1, 0.15) is 11.1 Å². The molecule has 0 aliphatic carbocycles. The number of rotatable bonds is 6. The zero-order chi connectivity index (χ0) is 20.1. The lowest BCUT2D eigenvalue weighted by Crippen LogP contribution is -2.32. The molecule has 1 aromatic rings. The fraction of sp³-hybridized carbons (Fsp3) is 0.474. The van der Waals surface area contributed by atoms with Crippen molar-refractivity contribution in [3.63, 3.8) is 0 Å². The van der Waals surface area contributed by atoms with E-state index in [1.165, 1.54) is 18.3 Å². The lowest BCUT2D eigenvalue weighted by Gasteiger charge is -2.30. The minimum Gasteiger partial charge on any atom is -0.481 e. The van der Waals surface area contributed by atoms with Crippen LogP contribution in [0, 0.1) is 11.7 Å². The van der Waals surface area contributed by atoms with Crippen LogP contribution in [0.1, 0.15) is 37.3 Å². The molecule has 1 unspecified atom stereocenters. The first-order valence-corrected chi connectivity index (χ1v) is 10.1. The normalized spacial score (nSPS) is 22.9. The van der Waals surface area contributed by atoms with Crippen molar-refractivity contribution in [3.8, 4) is 0 Å². The van der Waals surface area contributed by atoms with Crippen LogP contribution in [0.4, 0.5) is 4.39 Å². The molecule has 0 aromatic heterocycles. The van der Waals surface area contributed by atoms with E-state index >= 15 is 0 Å². The van der Waals surface area contributed by atoms with Gasteiger partial charge >= 0.3 is 5.97 Å². The average Bonchev–Trinajstić information content (AvgIpc) is 2.97. The topological polar surface area (TPSA) is 94.4 Å². The molecule has 1 atom stereocenters. The minimum absolute atomic E-state index is 0.265. The molecule has 0 saturated carbocycles. The van der Waals surface area contributed by atoms with Gasteiger partial charge in [0.25, 0.3) is 0 Å². The Kier molecular flexibility index (Phi) is 6.79. The zero-order valence-corrected chi connectivity index (χ0v) is 16.4. The van der Waals surface area contributed by atoms with Crippen molar-refractivity contribution < 1.29 is 19.1 Å². The van der Waals surface area contributed by atoms with Crippen molar-refractivity contribution in [3.05, 3.63) is 35.1 Å². The average molecular weight is 406 g/mol. The Labute approximate surface area is 167 Å². The summed E-state index contributed by atoms with van der Waals surface area (Å²) in [5.41, 5.74) is 1.60. The Morgan fingerprint density at radius 2 is 2.18 bits per heavy atom. The van der Waals surface area contributed by atoms with Crippen molar-refractivity contribution in [1.29, 1.82) is 0 Å². The highest BCUT2D eigenvalue weighted by Gasteiger charge is 2.32. The van der Waals surface area contributed by atoms with Gasteiger partial charge in [0.2, 0.25) is 5.91 Å². The van der Waals surface area contributed by atoms with Gasteiger partial charge in [-0.15, -0.1) is 5.10 Å². The Morgan fingerprint density at radius 3 is 2.89 bits per heavy atom. The second-order valence-electron chi connectivity index (χ2n) is 7.15. The zero-order valence-electron chi connectivity index (χ0n) is 15.6. The van der Waals surface area contributed by atoms with Crippen molar-refractivity contribution in [2.45, 2.75) is 38.0 Å². The number of amides is 1. The molecule has 2 fully saturated rings. The van der Waals surface area contributed by atoms with E-state index in [1.807, 2.05) is 0 Å². The van der Waals surface area contributed by atoms with E-state index in [9.17, 15) is 14.0 Å². The molecule has 9 heteroatoms.